The van der Waals surface area contributed by atoms with E-state index < -0.39 is 0 Å². The molecule has 0 unspecified atom stereocenters. The molecule has 0 saturated carbocycles. The van der Waals surface area contributed by atoms with Crippen molar-refractivity contribution in [3.63, 3.8) is 0 Å². The SMILES string of the molecule is Cc1cc(C)cc(OCC(=O)Nc2sc3c(c2C#N)CC[C@@H](C(C)(C)C)C3)c1. The first-order chi connectivity index (χ1) is 13.2. The maximum absolute atomic E-state index is 12.4. The van der Waals surface area contributed by atoms with Gasteiger partial charge in [-0.2, -0.15) is 5.26 Å². The van der Waals surface area contributed by atoms with Crippen LogP contribution in [-0.2, 0) is 17.6 Å². The first-order valence-electron chi connectivity index (χ1n) is 9.73. The average Bonchev–Trinajstić information content (AvgIpc) is 2.94. The number of rotatable bonds is 4. The maximum atomic E-state index is 12.4. The smallest absolute Gasteiger partial charge is 0.262 e. The highest BCUT2D eigenvalue weighted by atomic mass is 32.1. The summed E-state index contributed by atoms with van der Waals surface area (Å²) in [4.78, 5) is 13.7. The quantitative estimate of drug-likeness (QED) is 0.752. The molecule has 1 aromatic carbocycles. The van der Waals surface area contributed by atoms with Crippen molar-refractivity contribution in [2.45, 2.75) is 53.9 Å². The van der Waals surface area contributed by atoms with E-state index in [2.05, 4.69) is 38.2 Å². The van der Waals surface area contributed by atoms with Crippen LogP contribution < -0.4 is 10.1 Å². The third-order valence-corrected chi connectivity index (χ3v) is 6.59. The summed E-state index contributed by atoms with van der Waals surface area (Å²) in [6.45, 7) is 10.7. The minimum absolute atomic E-state index is 0.0685. The lowest BCUT2D eigenvalue weighted by atomic mass is 9.72. The largest absolute Gasteiger partial charge is 0.484 e. The number of anilines is 1. The molecule has 1 atom stereocenters. The Balaban J connectivity index is 1.70. The molecule has 0 radical (unpaired) electrons. The molecule has 0 spiro atoms. The van der Waals surface area contributed by atoms with E-state index in [9.17, 15) is 10.1 Å². The molecule has 4 nitrogen and oxygen atoms in total. The van der Waals surface area contributed by atoms with Crippen molar-refractivity contribution in [2.24, 2.45) is 11.3 Å². The van der Waals surface area contributed by atoms with Crippen LogP contribution in [0.25, 0.3) is 0 Å². The van der Waals surface area contributed by atoms with E-state index in [1.165, 1.54) is 4.88 Å². The lowest BCUT2D eigenvalue weighted by molar-refractivity contribution is -0.118. The zero-order chi connectivity index (χ0) is 20.5. The van der Waals surface area contributed by atoms with Crippen LogP contribution >= 0.6 is 11.3 Å². The number of nitriles is 1. The lowest BCUT2D eigenvalue weighted by Crippen LogP contribution is -2.26. The molecule has 1 N–H and O–H groups in total. The predicted molar refractivity (Wildman–Crippen MR) is 114 cm³/mol. The highest BCUT2D eigenvalue weighted by Gasteiger charge is 2.32. The van der Waals surface area contributed by atoms with Crippen molar-refractivity contribution in [3.05, 3.63) is 45.3 Å². The van der Waals surface area contributed by atoms with Crippen molar-refractivity contribution in [1.82, 2.24) is 0 Å². The minimum atomic E-state index is -0.235. The Labute approximate surface area is 171 Å². The van der Waals surface area contributed by atoms with Crippen LogP contribution in [0.1, 0.15) is 54.3 Å². The van der Waals surface area contributed by atoms with Gasteiger partial charge in [-0.15, -0.1) is 11.3 Å². The molecule has 5 heteroatoms. The Morgan fingerprint density at radius 1 is 1.29 bits per heavy atom. The summed E-state index contributed by atoms with van der Waals surface area (Å²) in [5.74, 6) is 1.05. The van der Waals surface area contributed by atoms with Crippen LogP contribution in [0.5, 0.6) is 5.75 Å². The van der Waals surface area contributed by atoms with E-state index in [-0.39, 0.29) is 17.9 Å². The van der Waals surface area contributed by atoms with Gasteiger partial charge in [-0.25, -0.2) is 0 Å². The molecule has 1 aromatic heterocycles. The van der Waals surface area contributed by atoms with Crippen LogP contribution in [0.2, 0.25) is 0 Å². The first-order valence-corrected chi connectivity index (χ1v) is 10.5. The minimum Gasteiger partial charge on any atom is -0.484 e. The number of hydrogen-bond donors (Lipinski definition) is 1. The second-order valence-corrected chi connectivity index (χ2v) is 9.89. The molecule has 0 aliphatic heterocycles. The van der Waals surface area contributed by atoms with Gasteiger partial charge in [-0.05, 0) is 73.3 Å². The van der Waals surface area contributed by atoms with Crippen LogP contribution in [-0.4, -0.2) is 12.5 Å². The van der Waals surface area contributed by atoms with E-state index in [1.54, 1.807) is 11.3 Å². The number of ether oxygens (including phenoxy) is 1. The summed E-state index contributed by atoms with van der Waals surface area (Å²) < 4.78 is 5.65. The van der Waals surface area contributed by atoms with Crippen molar-refractivity contribution < 1.29 is 9.53 Å². The number of hydrogen-bond acceptors (Lipinski definition) is 4. The van der Waals surface area contributed by atoms with Crippen LogP contribution in [0.4, 0.5) is 5.00 Å². The highest BCUT2D eigenvalue weighted by Crippen LogP contribution is 2.43. The number of carbonyl (C=O) groups is 1. The number of fused-ring (bicyclic) bond motifs is 1. The molecule has 1 aliphatic carbocycles. The van der Waals surface area contributed by atoms with Gasteiger partial charge >= 0.3 is 0 Å². The number of amides is 1. The maximum Gasteiger partial charge on any atom is 0.262 e. The van der Waals surface area contributed by atoms with Gasteiger partial charge in [-0.3, -0.25) is 4.79 Å². The second-order valence-electron chi connectivity index (χ2n) is 8.79. The van der Waals surface area contributed by atoms with Crippen molar-refractivity contribution in [2.75, 3.05) is 11.9 Å². The molecule has 1 heterocycles. The number of aryl methyl sites for hydroxylation is 2. The summed E-state index contributed by atoms with van der Waals surface area (Å²) in [5, 5.41) is 13.2. The third-order valence-electron chi connectivity index (χ3n) is 5.42. The van der Waals surface area contributed by atoms with Gasteiger partial charge in [0.1, 0.15) is 16.8 Å². The Hall–Kier alpha value is -2.32. The van der Waals surface area contributed by atoms with Crippen molar-refractivity contribution in [3.8, 4) is 11.8 Å². The Kier molecular flexibility index (Phi) is 5.81. The lowest BCUT2D eigenvalue weighted by Gasteiger charge is -2.33. The van der Waals surface area contributed by atoms with E-state index in [0.717, 1.165) is 36.0 Å². The van der Waals surface area contributed by atoms with E-state index in [4.69, 9.17) is 4.74 Å². The third kappa shape index (κ3) is 4.56. The van der Waals surface area contributed by atoms with Crippen molar-refractivity contribution in [1.29, 1.82) is 5.26 Å². The van der Waals surface area contributed by atoms with Crippen LogP contribution in [0.3, 0.4) is 0 Å². The zero-order valence-electron chi connectivity index (χ0n) is 17.3. The number of nitrogens with zero attached hydrogens (tertiary/aromatic N) is 1. The summed E-state index contributed by atoms with van der Waals surface area (Å²) in [6.07, 6.45) is 2.98. The van der Waals surface area contributed by atoms with Gasteiger partial charge in [0.15, 0.2) is 6.61 Å². The van der Waals surface area contributed by atoms with Gasteiger partial charge in [-0.1, -0.05) is 26.8 Å². The zero-order valence-corrected chi connectivity index (χ0v) is 18.1. The molecule has 0 bridgehead atoms. The highest BCUT2D eigenvalue weighted by molar-refractivity contribution is 7.16. The molecular weight excluding hydrogens is 368 g/mol. The normalized spacial score (nSPS) is 16.2. The Morgan fingerprint density at radius 3 is 2.57 bits per heavy atom. The predicted octanol–water partition coefficient (Wildman–Crippen LogP) is 5.41. The van der Waals surface area contributed by atoms with Gasteiger partial charge in [0, 0.05) is 4.88 Å². The van der Waals surface area contributed by atoms with Crippen molar-refractivity contribution >= 4 is 22.2 Å². The first kappa shape index (κ1) is 20.4. The van der Waals surface area contributed by atoms with Gasteiger partial charge in [0.25, 0.3) is 5.91 Å². The monoisotopic (exact) mass is 396 g/mol. The standard InChI is InChI=1S/C23H28N2O2S/c1-14-8-15(2)10-17(9-14)27-13-21(26)25-22-19(12-24)18-7-6-16(23(3,4)5)11-20(18)28-22/h8-10,16H,6-7,11,13H2,1-5H3,(H,25,26)/t16-/m1/s1. The van der Waals surface area contributed by atoms with E-state index >= 15 is 0 Å². The van der Waals surface area contributed by atoms with Gasteiger partial charge in [0.05, 0.1) is 5.56 Å². The fourth-order valence-corrected chi connectivity index (χ4v) is 5.15. The van der Waals surface area contributed by atoms with Gasteiger partial charge in [0.2, 0.25) is 0 Å². The van der Waals surface area contributed by atoms with Gasteiger partial charge < -0.3 is 10.1 Å². The molecular formula is C23H28N2O2S. The summed E-state index contributed by atoms with van der Waals surface area (Å²) >= 11 is 1.55. The molecule has 1 aliphatic rings. The number of nitrogens with one attached hydrogen (secondary N) is 1. The molecule has 2 aromatic rings. The van der Waals surface area contributed by atoms with E-state index in [1.807, 2.05) is 26.0 Å². The van der Waals surface area contributed by atoms with Crippen LogP contribution in [0.15, 0.2) is 18.2 Å². The molecule has 148 valence electrons. The molecule has 1 amide bonds. The number of carbonyl (C=O) groups excluding carboxylic acids is 1. The topological polar surface area (TPSA) is 62.1 Å². The number of benzene rings is 1. The average molecular weight is 397 g/mol. The molecule has 28 heavy (non-hydrogen) atoms. The Morgan fingerprint density at radius 2 is 1.96 bits per heavy atom. The molecule has 0 fully saturated rings. The molecule has 0 saturated heterocycles. The summed E-state index contributed by atoms with van der Waals surface area (Å²) in [7, 11) is 0. The Bertz CT molecular complexity index is 911. The fraction of sp³-hybridized carbons (Fsp3) is 0.478. The molecule has 3 rings (SSSR count). The van der Waals surface area contributed by atoms with Crippen LogP contribution in [0, 0.1) is 36.5 Å². The summed E-state index contributed by atoms with van der Waals surface area (Å²) in [5.41, 5.74) is 4.20. The summed E-state index contributed by atoms with van der Waals surface area (Å²) in [6, 6.07) is 8.20. The second kappa shape index (κ2) is 7.97. The van der Waals surface area contributed by atoms with E-state index in [0.29, 0.717) is 22.2 Å². The number of thiophene rings is 1. The fourth-order valence-electron chi connectivity index (χ4n) is 3.86.